The number of hydrogen-bond acceptors (Lipinski definition) is 4. The van der Waals surface area contributed by atoms with Gasteiger partial charge < -0.3 is 10.6 Å². The molecule has 1 amide bonds. The molecule has 0 aromatic carbocycles. The highest BCUT2D eigenvalue weighted by Gasteiger charge is 2.36. The molecular formula is C30H43F5N4O2. The predicted molar refractivity (Wildman–Crippen MR) is 152 cm³/mol. The van der Waals surface area contributed by atoms with Crippen LogP contribution in [-0.2, 0) is 22.3 Å². The molecule has 1 aromatic rings. The first-order chi connectivity index (χ1) is 19.0. The summed E-state index contributed by atoms with van der Waals surface area (Å²) in [5.74, 6) is -1.25. The second-order valence-electron chi connectivity index (χ2n) is 10.9. The third-order valence-corrected chi connectivity index (χ3v) is 6.15. The van der Waals surface area contributed by atoms with Crippen LogP contribution in [-0.4, -0.2) is 33.6 Å². The van der Waals surface area contributed by atoms with Crippen LogP contribution in [0.3, 0.4) is 0 Å². The summed E-state index contributed by atoms with van der Waals surface area (Å²) >= 11 is 0. The van der Waals surface area contributed by atoms with E-state index in [2.05, 4.69) is 10.4 Å². The molecule has 11 heteroatoms. The minimum absolute atomic E-state index is 0.0149. The minimum atomic E-state index is -4.70. The number of ketones is 1. The summed E-state index contributed by atoms with van der Waals surface area (Å²) in [5, 5.41) is 8.63. The van der Waals surface area contributed by atoms with Crippen molar-refractivity contribution in [2.45, 2.75) is 99.0 Å². The Labute approximate surface area is 239 Å². The zero-order chi connectivity index (χ0) is 31.4. The summed E-state index contributed by atoms with van der Waals surface area (Å²) in [6.07, 6.45) is 7.10. The number of rotatable bonds is 16. The third-order valence-electron chi connectivity index (χ3n) is 6.15. The van der Waals surface area contributed by atoms with Crippen molar-refractivity contribution < 1.29 is 31.5 Å². The molecule has 0 fully saturated rings. The highest BCUT2D eigenvalue weighted by Crippen LogP contribution is 2.32. The summed E-state index contributed by atoms with van der Waals surface area (Å²) < 4.78 is 67.6. The first-order valence-corrected chi connectivity index (χ1v) is 13.8. The van der Waals surface area contributed by atoms with Gasteiger partial charge in [-0.05, 0) is 68.9 Å². The Bertz CT molecular complexity index is 1130. The van der Waals surface area contributed by atoms with Crippen LogP contribution in [0.1, 0.15) is 85.5 Å². The Kier molecular flexibility index (Phi) is 14.2. The van der Waals surface area contributed by atoms with Gasteiger partial charge in [0.15, 0.2) is 11.5 Å². The van der Waals surface area contributed by atoms with Crippen LogP contribution < -0.4 is 10.6 Å². The number of carbonyl (C=O) groups excluding carboxylic acids is 2. The summed E-state index contributed by atoms with van der Waals surface area (Å²) in [7, 11) is 0. The molecule has 41 heavy (non-hydrogen) atoms. The number of amides is 1. The highest BCUT2D eigenvalue weighted by atomic mass is 19.4. The SMILES string of the molecule is CCC/C=C\C(=C/NC(F)F)CC(C)C(=O)NC(C)(C)Cn1nc(C(F)(F)F)cc1C(/C=C\C(C)=O)=C/C(C)CC. The van der Waals surface area contributed by atoms with Crippen LogP contribution in [0.4, 0.5) is 22.0 Å². The Morgan fingerprint density at radius 2 is 1.76 bits per heavy atom. The highest BCUT2D eigenvalue weighted by molar-refractivity contribution is 5.90. The van der Waals surface area contributed by atoms with Gasteiger partial charge in [0.25, 0.3) is 0 Å². The first kappa shape index (κ1) is 35.8. The third kappa shape index (κ3) is 13.3. The van der Waals surface area contributed by atoms with Crippen molar-refractivity contribution in [3.05, 3.63) is 59.6 Å². The quantitative estimate of drug-likeness (QED) is 0.0913. The van der Waals surface area contributed by atoms with Gasteiger partial charge in [-0.15, -0.1) is 0 Å². The molecular weight excluding hydrogens is 543 g/mol. The largest absolute Gasteiger partial charge is 0.435 e. The van der Waals surface area contributed by atoms with Crippen molar-refractivity contribution in [3.63, 3.8) is 0 Å². The van der Waals surface area contributed by atoms with Gasteiger partial charge in [0.05, 0.1) is 17.8 Å². The maximum absolute atomic E-state index is 13.7. The number of allylic oxidation sites excluding steroid dienone is 7. The van der Waals surface area contributed by atoms with Crippen LogP contribution in [0.25, 0.3) is 5.57 Å². The van der Waals surface area contributed by atoms with Gasteiger partial charge in [-0.2, -0.15) is 27.1 Å². The summed E-state index contributed by atoms with van der Waals surface area (Å²) in [5.41, 5.74) is -1.04. The Morgan fingerprint density at radius 3 is 2.29 bits per heavy atom. The molecule has 230 valence electrons. The van der Waals surface area contributed by atoms with E-state index in [9.17, 15) is 31.5 Å². The summed E-state index contributed by atoms with van der Waals surface area (Å²) in [6, 6.07) is 0.939. The predicted octanol–water partition coefficient (Wildman–Crippen LogP) is 7.45. The lowest BCUT2D eigenvalue weighted by molar-refractivity contribution is -0.141. The maximum atomic E-state index is 13.7. The lowest BCUT2D eigenvalue weighted by Crippen LogP contribution is -2.48. The standard InChI is InChI=1S/C30H43F5N4O2/c1-8-10-11-12-23(18-36-28(31)32)16-21(4)27(41)37-29(6,7)19-39-25(17-26(38-39)30(33,34)35)24(14-13-22(5)40)15-20(3)9-2/h11-15,17-18,20-21,28,36H,8-10,16,19H2,1-7H3,(H,37,41)/b12-11-,14-13-,23-18+,24-15+. The Balaban J connectivity index is 3.31. The van der Waals surface area contributed by atoms with E-state index in [1.165, 1.54) is 30.0 Å². The fraction of sp³-hybridized carbons (Fsp3) is 0.567. The van der Waals surface area contributed by atoms with E-state index in [1.807, 2.05) is 32.2 Å². The van der Waals surface area contributed by atoms with Gasteiger partial charge in [0.2, 0.25) is 5.91 Å². The van der Waals surface area contributed by atoms with Gasteiger partial charge >= 0.3 is 12.7 Å². The van der Waals surface area contributed by atoms with Gasteiger partial charge in [-0.25, -0.2) is 0 Å². The van der Waals surface area contributed by atoms with Crippen molar-refractivity contribution >= 4 is 17.3 Å². The molecule has 1 aromatic heterocycles. The fourth-order valence-electron chi connectivity index (χ4n) is 3.83. The van der Waals surface area contributed by atoms with E-state index in [0.29, 0.717) is 11.1 Å². The molecule has 1 heterocycles. The van der Waals surface area contributed by atoms with Crippen LogP contribution >= 0.6 is 0 Å². The van der Waals surface area contributed by atoms with Crippen LogP contribution in [0, 0.1) is 11.8 Å². The normalized spacial score (nSPS) is 15.1. The van der Waals surface area contributed by atoms with Crippen molar-refractivity contribution in [1.82, 2.24) is 20.4 Å². The van der Waals surface area contributed by atoms with E-state index in [1.54, 1.807) is 32.9 Å². The van der Waals surface area contributed by atoms with Gasteiger partial charge in [0, 0.05) is 12.1 Å². The van der Waals surface area contributed by atoms with Crippen LogP contribution in [0.15, 0.2) is 48.2 Å². The molecule has 2 atom stereocenters. The molecule has 2 N–H and O–H groups in total. The van der Waals surface area contributed by atoms with Gasteiger partial charge in [-0.1, -0.05) is 58.8 Å². The lowest BCUT2D eigenvalue weighted by atomic mass is 9.97. The number of halogens is 5. The maximum Gasteiger partial charge on any atom is 0.435 e. The zero-order valence-corrected chi connectivity index (χ0v) is 24.9. The molecule has 1 rings (SSSR count). The second kappa shape index (κ2) is 16.3. The zero-order valence-electron chi connectivity index (χ0n) is 24.9. The van der Waals surface area contributed by atoms with E-state index in [-0.39, 0.29) is 30.4 Å². The van der Waals surface area contributed by atoms with E-state index in [4.69, 9.17) is 0 Å². The molecule has 6 nitrogen and oxygen atoms in total. The van der Waals surface area contributed by atoms with Gasteiger partial charge in [-0.3, -0.25) is 14.3 Å². The fourth-order valence-corrected chi connectivity index (χ4v) is 3.83. The number of alkyl halides is 5. The van der Waals surface area contributed by atoms with Crippen LogP contribution in [0.2, 0.25) is 0 Å². The number of nitrogens with one attached hydrogen (secondary N) is 2. The minimum Gasteiger partial charge on any atom is -0.349 e. The average Bonchev–Trinajstić information content (AvgIpc) is 3.27. The number of carbonyl (C=O) groups is 2. The Morgan fingerprint density at radius 1 is 1.10 bits per heavy atom. The topological polar surface area (TPSA) is 76.0 Å². The summed E-state index contributed by atoms with van der Waals surface area (Å²) in [4.78, 5) is 24.7. The van der Waals surface area contributed by atoms with E-state index < -0.39 is 35.8 Å². The number of unbranched alkanes of at least 4 members (excludes halogenated alkanes) is 1. The first-order valence-electron chi connectivity index (χ1n) is 13.8. The van der Waals surface area contributed by atoms with Crippen molar-refractivity contribution in [3.8, 4) is 0 Å². The molecule has 0 saturated heterocycles. The molecule has 0 radical (unpaired) electrons. The average molecular weight is 587 g/mol. The van der Waals surface area contributed by atoms with E-state index in [0.717, 1.165) is 25.3 Å². The lowest BCUT2D eigenvalue weighted by Gasteiger charge is -2.29. The molecule has 2 unspecified atom stereocenters. The molecule has 0 spiro atoms. The molecule has 0 aliphatic carbocycles. The van der Waals surface area contributed by atoms with E-state index >= 15 is 0 Å². The molecule has 0 saturated carbocycles. The number of aromatic nitrogens is 2. The molecule has 0 aliphatic rings. The number of hydrogen-bond donors (Lipinski definition) is 2. The Hall–Kier alpha value is -3.24. The monoisotopic (exact) mass is 586 g/mol. The van der Waals surface area contributed by atoms with Crippen LogP contribution in [0.5, 0.6) is 0 Å². The molecule has 0 aliphatic heterocycles. The smallest absolute Gasteiger partial charge is 0.349 e. The molecule has 0 bridgehead atoms. The van der Waals surface area contributed by atoms with Gasteiger partial charge in [0.1, 0.15) is 0 Å². The van der Waals surface area contributed by atoms with Crippen molar-refractivity contribution in [1.29, 1.82) is 0 Å². The number of nitrogens with zero attached hydrogens (tertiary/aromatic N) is 2. The van der Waals surface area contributed by atoms with Crippen molar-refractivity contribution in [2.24, 2.45) is 11.8 Å². The summed E-state index contributed by atoms with van der Waals surface area (Å²) in [6.45, 7) is 9.30. The van der Waals surface area contributed by atoms with Crippen molar-refractivity contribution in [2.75, 3.05) is 0 Å². The second-order valence-corrected chi connectivity index (χ2v) is 10.9.